The molecule has 236 valence electrons. The highest BCUT2D eigenvalue weighted by Crippen LogP contribution is 2.44. The molecule has 1 aliphatic rings. The van der Waals surface area contributed by atoms with Crippen LogP contribution < -0.4 is 10.6 Å². The number of carbonyl (C=O) groups is 4. The zero-order valence-electron chi connectivity index (χ0n) is 25.9. The Morgan fingerprint density at radius 3 is 2.02 bits per heavy atom. The summed E-state index contributed by atoms with van der Waals surface area (Å²) in [6.07, 6.45) is 0.614. The molecule has 45 heavy (non-hydrogen) atoms. The quantitative estimate of drug-likeness (QED) is 0.149. The number of hydrogen-bond acceptors (Lipinski definition) is 7. The maximum Gasteiger partial charge on any atom is 0.407 e. The molecular formula is C36H40N2O7. The molecule has 0 spiro atoms. The summed E-state index contributed by atoms with van der Waals surface area (Å²) in [4.78, 5) is 52.0. The van der Waals surface area contributed by atoms with Gasteiger partial charge in [0, 0.05) is 18.8 Å². The first-order chi connectivity index (χ1) is 21.6. The van der Waals surface area contributed by atoms with Crippen molar-refractivity contribution in [1.29, 1.82) is 0 Å². The molecule has 0 heterocycles. The molecule has 0 saturated heterocycles. The first-order valence-corrected chi connectivity index (χ1v) is 15.0. The molecule has 0 unspecified atom stereocenters. The average molecular weight is 613 g/mol. The molecule has 4 rings (SSSR count). The zero-order chi connectivity index (χ0) is 32.4. The lowest BCUT2D eigenvalue weighted by Gasteiger charge is -2.26. The third-order valence-corrected chi connectivity index (χ3v) is 7.24. The second kappa shape index (κ2) is 15.2. The second-order valence-electron chi connectivity index (χ2n) is 11.8. The summed E-state index contributed by atoms with van der Waals surface area (Å²) in [7, 11) is 0. The van der Waals surface area contributed by atoms with Crippen LogP contribution >= 0.6 is 0 Å². The molecular weight excluding hydrogens is 572 g/mol. The van der Waals surface area contributed by atoms with E-state index in [4.69, 9.17) is 14.2 Å². The molecule has 9 heteroatoms. The Bertz CT molecular complexity index is 1470. The Kier molecular flexibility index (Phi) is 11.1. The van der Waals surface area contributed by atoms with Crippen molar-refractivity contribution in [3.8, 4) is 11.1 Å². The van der Waals surface area contributed by atoms with Crippen LogP contribution in [0.5, 0.6) is 0 Å². The van der Waals surface area contributed by atoms with Crippen molar-refractivity contribution in [3.63, 3.8) is 0 Å². The van der Waals surface area contributed by atoms with Gasteiger partial charge < -0.3 is 24.8 Å². The highest BCUT2D eigenvalue weighted by atomic mass is 16.6. The van der Waals surface area contributed by atoms with Crippen LogP contribution in [0.15, 0.2) is 91.5 Å². The molecule has 2 atom stereocenters. The van der Waals surface area contributed by atoms with Crippen LogP contribution in [-0.4, -0.2) is 54.8 Å². The van der Waals surface area contributed by atoms with Gasteiger partial charge in [0.2, 0.25) is 5.91 Å². The number of carbonyl (C=O) groups excluding carboxylic acids is 4. The Hall–Kier alpha value is -4.92. The van der Waals surface area contributed by atoms with Gasteiger partial charge in [-0.15, -0.1) is 0 Å². The van der Waals surface area contributed by atoms with E-state index in [0.29, 0.717) is 0 Å². The lowest BCUT2D eigenvalue weighted by molar-refractivity contribution is -0.159. The number of hydrogen-bond donors (Lipinski definition) is 2. The maximum atomic E-state index is 13.6. The standard InChI is InChI=1S/C36H40N2O7/c1-5-21-43-32(39)20-19-30(34(41)45-36(2,3)4)37-33(40)31(22-24-13-7-6-8-14-24)38-35(42)44-23-29-27-17-11-9-15-25(27)26-16-10-12-18-28(26)29/h5-18,29-31H,1,19-23H2,2-4H3,(H,37,40)(H,38,42)/t30-,31-/m0/s1. The number of nitrogens with one attached hydrogen (secondary N) is 2. The molecule has 2 N–H and O–H groups in total. The fourth-order valence-electron chi connectivity index (χ4n) is 5.22. The predicted octanol–water partition coefficient (Wildman–Crippen LogP) is 5.47. The van der Waals surface area contributed by atoms with E-state index >= 15 is 0 Å². The van der Waals surface area contributed by atoms with Crippen molar-refractivity contribution in [2.45, 2.75) is 63.6 Å². The number of ether oxygens (including phenoxy) is 3. The highest BCUT2D eigenvalue weighted by Gasteiger charge is 2.32. The van der Waals surface area contributed by atoms with Crippen molar-refractivity contribution in [2.24, 2.45) is 0 Å². The van der Waals surface area contributed by atoms with Crippen LogP contribution in [0, 0.1) is 0 Å². The first kappa shape index (κ1) is 33.0. The molecule has 0 bridgehead atoms. The topological polar surface area (TPSA) is 120 Å². The summed E-state index contributed by atoms with van der Waals surface area (Å²) >= 11 is 0. The first-order valence-electron chi connectivity index (χ1n) is 15.0. The van der Waals surface area contributed by atoms with Crippen LogP contribution in [0.4, 0.5) is 4.79 Å². The molecule has 3 aromatic rings. The highest BCUT2D eigenvalue weighted by molar-refractivity contribution is 5.90. The van der Waals surface area contributed by atoms with Crippen molar-refractivity contribution in [1.82, 2.24) is 10.6 Å². The summed E-state index contributed by atoms with van der Waals surface area (Å²) in [5, 5.41) is 5.38. The largest absolute Gasteiger partial charge is 0.461 e. The fourth-order valence-corrected chi connectivity index (χ4v) is 5.22. The van der Waals surface area contributed by atoms with E-state index in [1.165, 1.54) is 6.08 Å². The van der Waals surface area contributed by atoms with Gasteiger partial charge in [-0.2, -0.15) is 0 Å². The van der Waals surface area contributed by atoms with Crippen molar-refractivity contribution >= 4 is 23.9 Å². The van der Waals surface area contributed by atoms with E-state index in [1.807, 2.05) is 66.7 Å². The molecule has 0 saturated carbocycles. The Morgan fingerprint density at radius 1 is 0.822 bits per heavy atom. The summed E-state index contributed by atoms with van der Waals surface area (Å²) < 4.78 is 16.2. The summed E-state index contributed by atoms with van der Waals surface area (Å²) in [5.74, 6) is -2.02. The van der Waals surface area contributed by atoms with Gasteiger partial charge >= 0.3 is 18.0 Å². The van der Waals surface area contributed by atoms with Crippen LogP contribution in [0.1, 0.15) is 56.2 Å². The van der Waals surface area contributed by atoms with E-state index in [9.17, 15) is 19.2 Å². The van der Waals surface area contributed by atoms with Crippen molar-refractivity contribution in [2.75, 3.05) is 13.2 Å². The molecule has 2 amide bonds. The lowest BCUT2D eigenvalue weighted by atomic mass is 9.98. The normalized spacial score (nSPS) is 13.4. The number of fused-ring (bicyclic) bond motifs is 3. The van der Waals surface area contributed by atoms with Crippen molar-refractivity contribution in [3.05, 3.63) is 108 Å². The second-order valence-corrected chi connectivity index (χ2v) is 11.8. The summed E-state index contributed by atoms with van der Waals surface area (Å²) in [6.45, 7) is 8.75. The third kappa shape index (κ3) is 9.28. The number of benzene rings is 3. The number of esters is 2. The zero-order valence-corrected chi connectivity index (χ0v) is 25.9. The van der Waals surface area contributed by atoms with Gasteiger partial charge in [0.15, 0.2) is 0 Å². The Labute approximate surface area is 264 Å². The van der Waals surface area contributed by atoms with E-state index in [0.717, 1.165) is 27.8 Å². The summed E-state index contributed by atoms with van der Waals surface area (Å²) in [5.41, 5.74) is 4.30. The molecule has 9 nitrogen and oxygen atoms in total. The minimum absolute atomic E-state index is 0.0332. The van der Waals surface area contributed by atoms with Crippen LogP contribution in [0.3, 0.4) is 0 Å². The van der Waals surface area contributed by atoms with Gasteiger partial charge in [-0.1, -0.05) is 91.5 Å². The molecule has 0 fully saturated rings. The Balaban J connectivity index is 1.47. The average Bonchev–Trinajstić information content (AvgIpc) is 3.33. The number of amides is 2. The van der Waals surface area contributed by atoms with Gasteiger partial charge in [-0.25, -0.2) is 9.59 Å². The molecule has 1 aliphatic carbocycles. The van der Waals surface area contributed by atoms with Crippen LogP contribution in [0.2, 0.25) is 0 Å². The monoisotopic (exact) mass is 612 g/mol. The van der Waals surface area contributed by atoms with Gasteiger partial charge in [0.25, 0.3) is 0 Å². The number of rotatable bonds is 13. The minimum atomic E-state index is -1.16. The molecule has 3 aromatic carbocycles. The predicted molar refractivity (Wildman–Crippen MR) is 170 cm³/mol. The van der Waals surface area contributed by atoms with Gasteiger partial charge in [-0.3, -0.25) is 9.59 Å². The van der Waals surface area contributed by atoms with Gasteiger partial charge in [0.05, 0.1) is 0 Å². The molecule has 0 aliphatic heterocycles. The van der Waals surface area contributed by atoms with E-state index < -0.39 is 41.6 Å². The van der Waals surface area contributed by atoms with Crippen LogP contribution in [0.25, 0.3) is 11.1 Å². The smallest absolute Gasteiger partial charge is 0.407 e. The maximum absolute atomic E-state index is 13.6. The molecule has 0 aromatic heterocycles. The summed E-state index contributed by atoms with van der Waals surface area (Å²) in [6, 6.07) is 23.0. The van der Waals surface area contributed by atoms with E-state index in [2.05, 4.69) is 29.3 Å². The van der Waals surface area contributed by atoms with Gasteiger partial charge in [0.1, 0.15) is 30.9 Å². The fraction of sp³-hybridized carbons (Fsp3) is 0.333. The van der Waals surface area contributed by atoms with Gasteiger partial charge in [-0.05, 0) is 55.0 Å². The number of alkyl carbamates (subject to hydrolysis) is 1. The lowest BCUT2D eigenvalue weighted by Crippen LogP contribution is -2.53. The van der Waals surface area contributed by atoms with E-state index in [-0.39, 0.29) is 38.4 Å². The third-order valence-electron chi connectivity index (χ3n) is 7.24. The SMILES string of the molecule is C=CCOC(=O)CC[C@H](NC(=O)[C@H](Cc1ccccc1)NC(=O)OCC1c2ccccc2-c2ccccc21)C(=O)OC(C)(C)C. The minimum Gasteiger partial charge on any atom is -0.461 e. The van der Waals surface area contributed by atoms with Crippen LogP contribution in [-0.2, 0) is 35.0 Å². The Morgan fingerprint density at radius 2 is 1.42 bits per heavy atom. The van der Waals surface area contributed by atoms with Crippen molar-refractivity contribution < 1.29 is 33.4 Å². The van der Waals surface area contributed by atoms with E-state index in [1.54, 1.807) is 20.8 Å². The molecule has 0 radical (unpaired) electrons.